The first-order valence-corrected chi connectivity index (χ1v) is 12.1. The number of aryl methyl sites for hydroxylation is 2. The number of benzene rings is 1. The molecule has 0 radical (unpaired) electrons. The Balaban J connectivity index is 1.48. The van der Waals surface area contributed by atoms with Crippen LogP contribution in [0.1, 0.15) is 17.5 Å². The molecule has 0 aliphatic heterocycles. The van der Waals surface area contributed by atoms with Gasteiger partial charge in [-0.25, -0.2) is 9.97 Å². The minimum Gasteiger partial charge on any atom is -0.369 e. The van der Waals surface area contributed by atoms with Gasteiger partial charge in [-0.3, -0.25) is 4.98 Å². The predicted octanol–water partition coefficient (Wildman–Crippen LogP) is 6.83. The molecule has 5 aromatic rings. The second-order valence-corrected chi connectivity index (χ2v) is 9.25. The Morgan fingerprint density at radius 3 is 2.55 bits per heavy atom. The van der Waals surface area contributed by atoms with E-state index in [-0.39, 0.29) is 0 Å². The van der Waals surface area contributed by atoms with Crippen LogP contribution in [-0.4, -0.2) is 21.5 Å². The maximum Gasteiger partial charge on any atom is 0.162 e. The van der Waals surface area contributed by atoms with Crippen LogP contribution >= 0.6 is 22.7 Å². The number of nitrogens with zero attached hydrogens (tertiary/aromatic N) is 3. The van der Waals surface area contributed by atoms with Crippen molar-refractivity contribution in [3.05, 3.63) is 82.8 Å². The molecule has 0 bridgehead atoms. The third-order valence-electron chi connectivity index (χ3n) is 5.13. The summed E-state index contributed by atoms with van der Waals surface area (Å²) >= 11 is 3.47. The Kier molecular flexibility index (Phi) is 5.74. The molecule has 31 heavy (non-hydrogen) atoms. The normalized spacial score (nSPS) is 11.1. The van der Waals surface area contributed by atoms with Crippen LogP contribution in [0.2, 0.25) is 0 Å². The minimum absolute atomic E-state index is 0.730. The zero-order chi connectivity index (χ0) is 21.0. The first-order chi connectivity index (χ1) is 15.3. The highest BCUT2D eigenvalue weighted by Gasteiger charge is 2.16. The molecule has 6 heteroatoms. The van der Waals surface area contributed by atoms with Gasteiger partial charge in [-0.05, 0) is 54.5 Å². The van der Waals surface area contributed by atoms with E-state index >= 15 is 0 Å². The highest BCUT2D eigenvalue weighted by Crippen LogP contribution is 2.39. The number of anilines is 1. The van der Waals surface area contributed by atoms with E-state index in [0.717, 1.165) is 46.8 Å². The molecule has 0 unspecified atom stereocenters. The van der Waals surface area contributed by atoms with Crippen molar-refractivity contribution in [1.29, 1.82) is 0 Å². The van der Waals surface area contributed by atoms with Gasteiger partial charge in [0.2, 0.25) is 0 Å². The number of rotatable bonds is 7. The van der Waals surface area contributed by atoms with E-state index in [1.54, 1.807) is 35.1 Å². The molecule has 4 aromatic heterocycles. The van der Waals surface area contributed by atoms with Crippen molar-refractivity contribution in [2.24, 2.45) is 0 Å². The molecule has 0 saturated heterocycles. The van der Waals surface area contributed by atoms with Gasteiger partial charge in [0, 0.05) is 40.3 Å². The zero-order valence-electron chi connectivity index (χ0n) is 17.2. The molecule has 4 nitrogen and oxygen atoms in total. The summed E-state index contributed by atoms with van der Waals surface area (Å²) in [7, 11) is 0. The summed E-state index contributed by atoms with van der Waals surface area (Å²) in [6.45, 7) is 2.99. The van der Waals surface area contributed by atoms with E-state index < -0.39 is 0 Å². The fraction of sp³-hybridized carbons (Fsp3) is 0.160. The first kappa shape index (κ1) is 19.8. The van der Waals surface area contributed by atoms with Gasteiger partial charge < -0.3 is 5.32 Å². The third-order valence-corrected chi connectivity index (χ3v) is 7.18. The van der Waals surface area contributed by atoms with Crippen molar-refractivity contribution in [2.75, 3.05) is 11.9 Å². The van der Waals surface area contributed by atoms with Gasteiger partial charge in [0.05, 0.1) is 10.2 Å². The van der Waals surface area contributed by atoms with Gasteiger partial charge in [0.25, 0.3) is 0 Å². The van der Waals surface area contributed by atoms with Crippen molar-refractivity contribution >= 4 is 38.7 Å². The summed E-state index contributed by atoms with van der Waals surface area (Å²) in [6.07, 6.45) is 5.66. The Labute approximate surface area is 189 Å². The largest absolute Gasteiger partial charge is 0.369 e. The van der Waals surface area contributed by atoms with Gasteiger partial charge in [-0.1, -0.05) is 30.3 Å². The van der Waals surface area contributed by atoms with Crippen LogP contribution < -0.4 is 5.32 Å². The average molecular weight is 443 g/mol. The van der Waals surface area contributed by atoms with Crippen molar-refractivity contribution in [2.45, 2.75) is 19.8 Å². The lowest BCUT2D eigenvalue weighted by molar-refractivity contribution is 0.860. The Morgan fingerprint density at radius 1 is 0.935 bits per heavy atom. The van der Waals surface area contributed by atoms with E-state index in [2.05, 4.69) is 64.4 Å². The third kappa shape index (κ3) is 4.36. The summed E-state index contributed by atoms with van der Waals surface area (Å²) in [6, 6.07) is 16.8. The van der Waals surface area contributed by atoms with Crippen LogP contribution in [-0.2, 0) is 6.42 Å². The quantitative estimate of drug-likeness (QED) is 0.281. The Hall–Kier alpha value is -3.09. The maximum atomic E-state index is 4.97. The molecular weight excluding hydrogens is 420 g/mol. The molecule has 0 amide bonds. The molecule has 4 heterocycles. The SMILES string of the molecule is Cc1csc(-c2csc3c(NCCCc4ccccc4)nc(-c4ccncc4)nc23)c1. The summed E-state index contributed by atoms with van der Waals surface area (Å²) in [4.78, 5) is 15.2. The van der Waals surface area contributed by atoms with Crippen LogP contribution in [0.5, 0.6) is 0 Å². The van der Waals surface area contributed by atoms with Crippen molar-refractivity contribution in [3.8, 4) is 21.8 Å². The molecule has 0 aliphatic rings. The highest BCUT2D eigenvalue weighted by molar-refractivity contribution is 7.19. The Bertz CT molecular complexity index is 1290. The van der Waals surface area contributed by atoms with Crippen LogP contribution in [0.15, 0.2) is 71.7 Å². The molecule has 1 N–H and O–H groups in total. The summed E-state index contributed by atoms with van der Waals surface area (Å²) in [5, 5.41) is 7.98. The second-order valence-electron chi connectivity index (χ2n) is 7.46. The van der Waals surface area contributed by atoms with Crippen LogP contribution in [0.4, 0.5) is 5.82 Å². The molecule has 0 saturated carbocycles. The second kappa shape index (κ2) is 8.96. The fourth-order valence-electron chi connectivity index (χ4n) is 3.56. The monoisotopic (exact) mass is 442 g/mol. The standard InChI is InChI=1S/C25H22N4S2/c1-17-14-21(30-15-17)20-16-31-23-22(20)28-24(19-9-12-26-13-10-19)29-25(23)27-11-5-8-18-6-3-2-4-7-18/h2-4,6-7,9-10,12-16H,5,8,11H2,1H3,(H,27,28,29). The molecular formula is C25H22N4S2. The molecule has 0 spiro atoms. The van der Waals surface area contributed by atoms with Gasteiger partial charge >= 0.3 is 0 Å². The van der Waals surface area contributed by atoms with Crippen molar-refractivity contribution < 1.29 is 0 Å². The molecule has 5 rings (SSSR count). The van der Waals surface area contributed by atoms with E-state index in [0.29, 0.717) is 0 Å². The number of aromatic nitrogens is 3. The minimum atomic E-state index is 0.730. The average Bonchev–Trinajstić information content (AvgIpc) is 3.44. The number of hydrogen-bond donors (Lipinski definition) is 1. The van der Waals surface area contributed by atoms with Gasteiger partial charge in [0.1, 0.15) is 5.82 Å². The summed E-state index contributed by atoms with van der Waals surface area (Å²) in [5.41, 5.74) is 5.81. The lowest BCUT2D eigenvalue weighted by Gasteiger charge is -2.10. The first-order valence-electron chi connectivity index (χ1n) is 10.3. The number of thiophene rings is 2. The fourth-order valence-corrected chi connectivity index (χ4v) is 5.52. The number of fused-ring (bicyclic) bond motifs is 1. The van der Waals surface area contributed by atoms with Crippen molar-refractivity contribution in [1.82, 2.24) is 15.0 Å². The van der Waals surface area contributed by atoms with Crippen LogP contribution in [0.3, 0.4) is 0 Å². The van der Waals surface area contributed by atoms with Gasteiger partial charge in [-0.2, -0.15) is 0 Å². The lowest BCUT2D eigenvalue weighted by atomic mass is 10.1. The molecule has 0 fully saturated rings. The van der Waals surface area contributed by atoms with E-state index in [4.69, 9.17) is 9.97 Å². The van der Waals surface area contributed by atoms with Gasteiger partial charge in [0.15, 0.2) is 5.82 Å². The van der Waals surface area contributed by atoms with Crippen LogP contribution in [0.25, 0.3) is 32.0 Å². The van der Waals surface area contributed by atoms with E-state index in [1.165, 1.54) is 21.6 Å². The van der Waals surface area contributed by atoms with E-state index in [9.17, 15) is 0 Å². The number of nitrogens with one attached hydrogen (secondary N) is 1. The highest BCUT2D eigenvalue weighted by atomic mass is 32.1. The summed E-state index contributed by atoms with van der Waals surface area (Å²) in [5.74, 6) is 1.64. The molecule has 154 valence electrons. The predicted molar refractivity (Wildman–Crippen MR) is 132 cm³/mol. The number of pyridine rings is 1. The summed E-state index contributed by atoms with van der Waals surface area (Å²) < 4.78 is 1.11. The topological polar surface area (TPSA) is 50.7 Å². The van der Waals surface area contributed by atoms with Gasteiger partial charge in [-0.15, -0.1) is 22.7 Å². The molecule has 0 atom stereocenters. The molecule has 0 aliphatic carbocycles. The maximum absolute atomic E-state index is 4.97. The smallest absolute Gasteiger partial charge is 0.162 e. The van der Waals surface area contributed by atoms with Crippen molar-refractivity contribution in [3.63, 3.8) is 0 Å². The van der Waals surface area contributed by atoms with E-state index in [1.807, 2.05) is 12.1 Å². The number of hydrogen-bond acceptors (Lipinski definition) is 6. The Morgan fingerprint density at radius 2 is 1.77 bits per heavy atom. The lowest BCUT2D eigenvalue weighted by Crippen LogP contribution is -2.06. The van der Waals surface area contributed by atoms with Crippen LogP contribution in [0, 0.1) is 6.92 Å². The molecule has 1 aromatic carbocycles. The zero-order valence-corrected chi connectivity index (χ0v) is 18.8.